The molecular formula is C20H30ClN5O3. The first-order valence-corrected chi connectivity index (χ1v) is 10.3. The molecule has 0 aliphatic carbocycles. The molecule has 29 heavy (non-hydrogen) atoms. The lowest BCUT2D eigenvalue weighted by Gasteiger charge is -2.36. The zero-order chi connectivity index (χ0) is 21.2. The van der Waals surface area contributed by atoms with Gasteiger partial charge in [-0.25, -0.2) is 0 Å². The Bertz CT molecular complexity index is 691. The van der Waals surface area contributed by atoms with Crippen molar-refractivity contribution < 1.29 is 14.4 Å². The quantitative estimate of drug-likeness (QED) is 0.481. The number of hydrogen-bond donors (Lipinski definition) is 3. The highest BCUT2D eigenvalue weighted by atomic mass is 35.5. The third kappa shape index (κ3) is 8.29. The average molecular weight is 424 g/mol. The SMILES string of the molecule is CC(=O)N[C@@H](CC(N)=O)C(=O)NCCCCN1CCN(c2cccc(Cl)c2)CC1. The molecule has 0 spiro atoms. The minimum absolute atomic E-state index is 0.206. The Labute approximate surface area is 176 Å². The fraction of sp³-hybridized carbons (Fsp3) is 0.550. The van der Waals surface area contributed by atoms with E-state index < -0.39 is 11.9 Å². The molecule has 4 N–H and O–H groups in total. The van der Waals surface area contributed by atoms with Gasteiger partial charge in [-0.05, 0) is 37.6 Å². The molecule has 1 aliphatic rings. The van der Waals surface area contributed by atoms with E-state index in [0.717, 1.165) is 56.3 Å². The maximum atomic E-state index is 12.1. The van der Waals surface area contributed by atoms with E-state index >= 15 is 0 Å². The molecule has 0 unspecified atom stereocenters. The van der Waals surface area contributed by atoms with Gasteiger partial charge in [-0.1, -0.05) is 17.7 Å². The lowest BCUT2D eigenvalue weighted by Crippen LogP contribution is -2.48. The summed E-state index contributed by atoms with van der Waals surface area (Å²) in [5.41, 5.74) is 6.29. The highest BCUT2D eigenvalue weighted by Gasteiger charge is 2.21. The lowest BCUT2D eigenvalue weighted by atomic mass is 10.1. The molecule has 8 nitrogen and oxygen atoms in total. The molecule has 1 atom stereocenters. The zero-order valence-electron chi connectivity index (χ0n) is 16.8. The van der Waals surface area contributed by atoms with Gasteiger partial charge in [0.1, 0.15) is 6.04 Å². The maximum absolute atomic E-state index is 12.1. The van der Waals surface area contributed by atoms with Gasteiger partial charge in [0.05, 0.1) is 6.42 Å². The molecule has 1 heterocycles. The van der Waals surface area contributed by atoms with Crippen LogP contribution in [0.25, 0.3) is 0 Å². The lowest BCUT2D eigenvalue weighted by molar-refractivity contribution is -0.130. The summed E-state index contributed by atoms with van der Waals surface area (Å²) in [5.74, 6) is -1.38. The predicted molar refractivity (Wildman–Crippen MR) is 114 cm³/mol. The second-order valence-electron chi connectivity index (χ2n) is 7.23. The number of hydrogen-bond acceptors (Lipinski definition) is 5. The number of primary amides is 1. The van der Waals surface area contributed by atoms with Crippen LogP contribution < -0.4 is 21.3 Å². The number of halogens is 1. The van der Waals surface area contributed by atoms with Crippen LogP contribution in [0.1, 0.15) is 26.2 Å². The molecule has 0 bridgehead atoms. The molecule has 160 valence electrons. The largest absolute Gasteiger partial charge is 0.370 e. The number of amides is 3. The first-order chi connectivity index (χ1) is 13.8. The minimum atomic E-state index is -0.912. The molecule has 9 heteroatoms. The number of unbranched alkanes of at least 4 members (excludes halogenated alkanes) is 1. The van der Waals surface area contributed by atoms with Crippen LogP contribution in [-0.2, 0) is 14.4 Å². The maximum Gasteiger partial charge on any atom is 0.243 e. The van der Waals surface area contributed by atoms with Gasteiger partial charge < -0.3 is 21.3 Å². The number of rotatable bonds is 10. The van der Waals surface area contributed by atoms with Crippen molar-refractivity contribution in [2.45, 2.75) is 32.2 Å². The van der Waals surface area contributed by atoms with E-state index in [2.05, 4.69) is 26.5 Å². The first kappa shape index (κ1) is 23.0. The van der Waals surface area contributed by atoms with Crippen LogP contribution in [0, 0.1) is 0 Å². The fourth-order valence-electron chi connectivity index (χ4n) is 3.35. The molecule has 1 saturated heterocycles. The van der Waals surface area contributed by atoms with E-state index in [1.165, 1.54) is 6.92 Å². The molecule has 1 aliphatic heterocycles. The van der Waals surface area contributed by atoms with Crippen molar-refractivity contribution in [3.8, 4) is 0 Å². The predicted octanol–water partition coefficient (Wildman–Crippen LogP) is 0.739. The Morgan fingerprint density at radius 2 is 1.90 bits per heavy atom. The van der Waals surface area contributed by atoms with Gasteiger partial charge >= 0.3 is 0 Å². The van der Waals surface area contributed by atoms with E-state index in [1.54, 1.807) is 0 Å². The number of nitrogens with one attached hydrogen (secondary N) is 2. The monoisotopic (exact) mass is 423 g/mol. The fourth-order valence-corrected chi connectivity index (χ4v) is 3.54. The number of carbonyl (C=O) groups is 3. The van der Waals surface area contributed by atoms with Crippen molar-refractivity contribution in [3.05, 3.63) is 29.3 Å². The third-order valence-corrected chi connectivity index (χ3v) is 5.08. The molecule has 0 saturated carbocycles. The topological polar surface area (TPSA) is 108 Å². The summed E-state index contributed by atoms with van der Waals surface area (Å²) in [6.07, 6.45) is 1.57. The van der Waals surface area contributed by atoms with Crippen LogP contribution in [0.2, 0.25) is 5.02 Å². The smallest absolute Gasteiger partial charge is 0.243 e. The standard InChI is InChI=1S/C20H30ClN5O3/c1-15(27)24-18(14-19(22)28)20(29)23-7-2-3-8-25-9-11-26(12-10-25)17-6-4-5-16(21)13-17/h4-6,13,18H,2-3,7-12,14H2,1H3,(H2,22,28)(H,23,29)(H,24,27)/t18-/m0/s1. The molecular weight excluding hydrogens is 394 g/mol. The van der Waals surface area contributed by atoms with E-state index in [0.29, 0.717) is 6.54 Å². The molecule has 1 aromatic carbocycles. The number of nitrogens with two attached hydrogens (primary N) is 1. The zero-order valence-corrected chi connectivity index (χ0v) is 17.6. The second kappa shape index (κ2) is 11.6. The molecule has 1 fully saturated rings. The van der Waals surface area contributed by atoms with Crippen molar-refractivity contribution in [1.29, 1.82) is 0 Å². The van der Waals surface area contributed by atoms with Gasteiger partial charge in [-0.3, -0.25) is 19.3 Å². The highest BCUT2D eigenvalue weighted by molar-refractivity contribution is 6.30. The number of nitrogens with zero attached hydrogens (tertiary/aromatic N) is 2. The Morgan fingerprint density at radius 1 is 1.17 bits per heavy atom. The minimum Gasteiger partial charge on any atom is -0.370 e. The third-order valence-electron chi connectivity index (χ3n) is 4.85. The van der Waals surface area contributed by atoms with Crippen LogP contribution in [0.4, 0.5) is 5.69 Å². The van der Waals surface area contributed by atoms with E-state index in [9.17, 15) is 14.4 Å². The van der Waals surface area contributed by atoms with Gasteiger partial charge in [0.15, 0.2) is 0 Å². The van der Waals surface area contributed by atoms with Crippen molar-refractivity contribution in [1.82, 2.24) is 15.5 Å². The number of benzene rings is 1. The summed E-state index contributed by atoms with van der Waals surface area (Å²) in [5, 5.41) is 5.97. The first-order valence-electron chi connectivity index (χ1n) is 9.91. The van der Waals surface area contributed by atoms with Gasteiger partial charge in [-0.15, -0.1) is 0 Å². The molecule has 0 aromatic heterocycles. The normalized spacial score (nSPS) is 15.6. The van der Waals surface area contributed by atoms with Crippen molar-refractivity contribution in [2.75, 3.05) is 44.2 Å². The molecule has 0 radical (unpaired) electrons. The second-order valence-corrected chi connectivity index (χ2v) is 7.67. The number of carbonyl (C=O) groups excluding carboxylic acids is 3. The van der Waals surface area contributed by atoms with Gasteiger partial charge in [0.2, 0.25) is 17.7 Å². The highest BCUT2D eigenvalue weighted by Crippen LogP contribution is 2.20. The van der Waals surface area contributed by atoms with Crippen LogP contribution in [0.5, 0.6) is 0 Å². The van der Waals surface area contributed by atoms with Crippen molar-refractivity contribution in [3.63, 3.8) is 0 Å². The summed E-state index contributed by atoms with van der Waals surface area (Å²) < 4.78 is 0. The summed E-state index contributed by atoms with van der Waals surface area (Å²) >= 11 is 6.07. The van der Waals surface area contributed by atoms with Crippen LogP contribution in [0.15, 0.2) is 24.3 Å². The van der Waals surface area contributed by atoms with Crippen molar-refractivity contribution in [2.24, 2.45) is 5.73 Å². The van der Waals surface area contributed by atoms with E-state index in [-0.39, 0.29) is 18.2 Å². The summed E-state index contributed by atoms with van der Waals surface area (Å²) in [6.45, 7) is 6.66. The molecule has 2 rings (SSSR count). The Balaban J connectivity index is 1.62. The Kier molecular flexibility index (Phi) is 9.21. The van der Waals surface area contributed by atoms with Crippen LogP contribution >= 0.6 is 11.6 Å². The van der Waals surface area contributed by atoms with Crippen LogP contribution in [0.3, 0.4) is 0 Å². The Hall–Kier alpha value is -2.32. The van der Waals surface area contributed by atoms with Gasteiger partial charge in [0, 0.05) is 50.4 Å². The number of anilines is 1. The Morgan fingerprint density at radius 3 is 2.52 bits per heavy atom. The van der Waals surface area contributed by atoms with Gasteiger partial charge in [-0.2, -0.15) is 0 Å². The summed E-state index contributed by atoms with van der Waals surface area (Å²) in [6, 6.07) is 7.01. The van der Waals surface area contributed by atoms with Crippen molar-refractivity contribution >= 4 is 35.0 Å². The molecule has 3 amide bonds. The van der Waals surface area contributed by atoms with Gasteiger partial charge in [0.25, 0.3) is 0 Å². The van der Waals surface area contributed by atoms with Crippen LogP contribution in [-0.4, -0.2) is 67.9 Å². The molecule has 1 aromatic rings. The summed E-state index contributed by atoms with van der Waals surface area (Å²) in [7, 11) is 0. The van der Waals surface area contributed by atoms with E-state index in [1.807, 2.05) is 18.2 Å². The average Bonchev–Trinajstić information content (AvgIpc) is 2.67. The van der Waals surface area contributed by atoms with E-state index in [4.69, 9.17) is 17.3 Å². The summed E-state index contributed by atoms with van der Waals surface area (Å²) in [4.78, 5) is 39.1. The number of piperazine rings is 1.